The third kappa shape index (κ3) is 4.24. The lowest BCUT2D eigenvalue weighted by Crippen LogP contribution is -2.02. The van der Waals surface area contributed by atoms with Crippen LogP contribution in [0.1, 0.15) is 29.9 Å². The van der Waals surface area contributed by atoms with Crippen molar-refractivity contribution in [2.75, 3.05) is 19.5 Å². The highest BCUT2D eigenvalue weighted by Crippen LogP contribution is 2.31. The molecule has 0 heterocycles. The molecule has 0 atom stereocenters. The van der Waals surface area contributed by atoms with Crippen molar-refractivity contribution in [2.24, 2.45) is 0 Å². The zero-order valence-corrected chi connectivity index (χ0v) is 14.1. The topological polar surface area (TPSA) is 18.5 Å². The molecule has 0 aliphatic carbocycles. The van der Waals surface area contributed by atoms with Gasteiger partial charge in [0.1, 0.15) is 11.5 Å². The van der Waals surface area contributed by atoms with E-state index in [-0.39, 0.29) is 0 Å². The molecule has 2 rings (SSSR count). The van der Waals surface area contributed by atoms with Gasteiger partial charge in [0.15, 0.2) is 0 Å². The average molecular weight is 349 g/mol. The molecule has 2 aromatic carbocycles. The lowest BCUT2D eigenvalue weighted by atomic mass is 9.87. The molecule has 0 saturated carbocycles. The summed E-state index contributed by atoms with van der Waals surface area (Å²) in [5.74, 6) is 2.19. The van der Waals surface area contributed by atoms with Crippen molar-refractivity contribution >= 4 is 15.9 Å². The maximum Gasteiger partial charge on any atom is 0.118 e. The minimum atomic E-state index is 0.402. The summed E-state index contributed by atoms with van der Waals surface area (Å²) in [4.78, 5) is 0. The maximum atomic E-state index is 5.24. The minimum Gasteiger partial charge on any atom is -0.497 e. The van der Waals surface area contributed by atoms with Crippen molar-refractivity contribution in [1.82, 2.24) is 0 Å². The van der Waals surface area contributed by atoms with Gasteiger partial charge in [-0.2, -0.15) is 0 Å². The molecule has 0 N–H and O–H groups in total. The van der Waals surface area contributed by atoms with E-state index in [0.29, 0.717) is 5.92 Å². The molecule has 0 saturated heterocycles. The van der Waals surface area contributed by atoms with Crippen LogP contribution >= 0.6 is 15.9 Å². The van der Waals surface area contributed by atoms with Gasteiger partial charge < -0.3 is 9.47 Å². The van der Waals surface area contributed by atoms with Crippen LogP contribution in [0.25, 0.3) is 0 Å². The predicted molar refractivity (Wildman–Crippen MR) is 90.9 cm³/mol. The highest BCUT2D eigenvalue weighted by Gasteiger charge is 2.14. The van der Waals surface area contributed by atoms with E-state index >= 15 is 0 Å². The van der Waals surface area contributed by atoms with E-state index in [1.54, 1.807) is 14.2 Å². The molecule has 0 aromatic heterocycles. The van der Waals surface area contributed by atoms with E-state index < -0.39 is 0 Å². The van der Waals surface area contributed by atoms with Crippen molar-refractivity contribution in [3.8, 4) is 11.5 Å². The number of alkyl halides is 1. The summed E-state index contributed by atoms with van der Waals surface area (Å²) in [5, 5.41) is 1.02. The van der Waals surface area contributed by atoms with Crippen LogP contribution in [0, 0.1) is 0 Å². The lowest BCUT2D eigenvalue weighted by Gasteiger charge is -2.18. The van der Waals surface area contributed by atoms with Crippen molar-refractivity contribution < 1.29 is 9.47 Å². The number of rotatable bonds is 7. The molecule has 0 bridgehead atoms. The van der Waals surface area contributed by atoms with Crippen LogP contribution in [-0.2, 0) is 0 Å². The van der Waals surface area contributed by atoms with Crippen LogP contribution in [0.15, 0.2) is 48.5 Å². The molecule has 0 aliphatic heterocycles. The van der Waals surface area contributed by atoms with Crippen molar-refractivity contribution in [3.05, 3.63) is 59.7 Å². The van der Waals surface area contributed by atoms with Gasteiger partial charge in [-0.3, -0.25) is 0 Å². The van der Waals surface area contributed by atoms with E-state index in [4.69, 9.17) is 9.47 Å². The molecule has 0 spiro atoms. The first-order valence-corrected chi connectivity index (χ1v) is 8.24. The fourth-order valence-corrected chi connectivity index (χ4v) is 2.80. The van der Waals surface area contributed by atoms with Crippen molar-refractivity contribution in [1.29, 1.82) is 0 Å². The molecule has 2 aromatic rings. The Morgan fingerprint density at radius 2 is 1.24 bits per heavy atom. The SMILES string of the molecule is COc1ccc(C(CCCBr)c2ccc(OC)cc2)cc1. The van der Waals surface area contributed by atoms with Crippen LogP contribution < -0.4 is 9.47 Å². The van der Waals surface area contributed by atoms with Crippen LogP contribution in [0.3, 0.4) is 0 Å². The molecular weight excluding hydrogens is 328 g/mol. The van der Waals surface area contributed by atoms with Crippen LogP contribution in [0.5, 0.6) is 11.5 Å². The zero-order valence-electron chi connectivity index (χ0n) is 12.5. The molecule has 3 heteroatoms. The van der Waals surface area contributed by atoms with Crippen LogP contribution in [0.4, 0.5) is 0 Å². The normalized spacial score (nSPS) is 10.7. The maximum absolute atomic E-state index is 5.24. The Balaban J connectivity index is 2.26. The smallest absolute Gasteiger partial charge is 0.118 e. The average Bonchev–Trinajstić information content (AvgIpc) is 2.56. The Labute approximate surface area is 135 Å². The molecule has 112 valence electrons. The van der Waals surface area contributed by atoms with E-state index in [1.165, 1.54) is 11.1 Å². The summed E-state index contributed by atoms with van der Waals surface area (Å²) < 4.78 is 10.5. The van der Waals surface area contributed by atoms with Crippen LogP contribution in [0.2, 0.25) is 0 Å². The summed E-state index contributed by atoms with van der Waals surface area (Å²) in [7, 11) is 3.39. The summed E-state index contributed by atoms with van der Waals surface area (Å²) >= 11 is 3.53. The van der Waals surface area contributed by atoms with Gasteiger partial charge in [0, 0.05) is 11.2 Å². The van der Waals surface area contributed by atoms with Gasteiger partial charge in [-0.1, -0.05) is 40.2 Å². The van der Waals surface area contributed by atoms with Crippen molar-refractivity contribution in [2.45, 2.75) is 18.8 Å². The number of halogens is 1. The fourth-order valence-electron chi connectivity index (χ4n) is 2.48. The summed E-state index contributed by atoms with van der Waals surface area (Å²) in [6, 6.07) is 16.7. The minimum absolute atomic E-state index is 0.402. The Kier molecular flexibility index (Phi) is 6.12. The predicted octanol–water partition coefficient (Wildman–Crippen LogP) is 5.01. The monoisotopic (exact) mass is 348 g/mol. The highest BCUT2D eigenvalue weighted by atomic mass is 79.9. The van der Waals surface area contributed by atoms with Gasteiger partial charge >= 0.3 is 0 Å². The zero-order chi connectivity index (χ0) is 15.1. The second-order valence-electron chi connectivity index (χ2n) is 4.93. The Morgan fingerprint density at radius 3 is 1.57 bits per heavy atom. The summed E-state index contributed by atoms with van der Waals surface area (Å²) in [6.07, 6.45) is 2.26. The number of ether oxygens (including phenoxy) is 2. The van der Waals surface area contributed by atoms with Crippen LogP contribution in [-0.4, -0.2) is 19.5 Å². The van der Waals surface area contributed by atoms with E-state index in [0.717, 1.165) is 29.7 Å². The number of benzene rings is 2. The number of methoxy groups -OCH3 is 2. The van der Waals surface area contributed by atoms with Gasteiger partial charge in [-0.15, -0.1) is 0 Å². The summed E-state index contributed by atoms with van der Waals surface area (Å²) in [5.41, 5.74) is 2.64. The molecule has 0 aliphatic rings. The van der Waals surface area contributed by atoms with Gasteiger partial charge in [0.05, 0.1) is 14.2 Å². The number of hydrogen-bond donors (Lipinski definition) is 0. The van der Waals surface area contributed by atoms with Crippen molar-refractivity contribution in [3.63, 3.8) is 0 Å². The molecule has 0 radical (unpaired) electrons. The third-order valence-corrected chi connectivity index (χ3v) is 4.22. The molecule has 2 nitrogen and oxygen atoms in total. The first-order chi connectivity index (χ1) is 10.3. The number of hydrogen-bond acceptors (Lipinski definition) is 2. The van der Waals surface area contributed by atoms with Gasteiger partial charge in [0.25, 0.3) is 0 Å². The largest absolute Gasteiger partial charge is 0.497 e. The Hall–Kier alpha value is -1.48. The lowest BCUT2D eigenvalue weighted by molar-refractivity contribution is 0.414. The second kappa shape index (κ2) is 8.08. The quantitative estimate of drug-likeness (QED) is 0.654. The Bertz CT molecular complexity index is 487. The van der Waals surface area contributed by atoms with Gasteiger partial charge in [-0.25, -0.2) is 0 Å². The van der Waals surface area contributed by atoms with Gasteiger partial charge in [-0.05, 0) is 48.2 Å². The third-order valence-electron chi connectivity index (χ3n) is 3.66. The summed E-state index contributed by atoms with van der Waals surface area (Å²) in [6.45, 7) is 0. The molecular formula is C18H21BrO2. The molecule has 0 amide bonds. The molecule has 21 heavy (non-hydrogen) atoms. The highest BCUT2D eigenvalue weighted by molar-refractivity contribution is 9.09. The molecule has 0 fully saturated rings. The van der Waals surface area contributed by atoms with E-state index in [2.05, 4.69) is 40.2 Å². The van der Waals surface area contributed by atoms with E-state index in [9.17, 15) is 0 Å². The fraction of sp³-hybridized carbons (Fsp3) is 0.333. The second-order valence-corrected chi connectivity index (χ2v) is 5.72. The van der Waals surface area contributed by atoms with E-state index in [1.807, 2.05) is 24.3 Å². The van der Waals surface area contributed by atoms with Gasteiger partial charge in [0.2, 0.25) is 0 Å². The standard InChI is InChI=1S/C18H21BrO2/c1-20-16-9-5-14(6-10-16)18(4-3-13-19)15-7-11-17(21-2)12-8-15/h5-12,18H,3-4,13H2,1-2H3. The molecule has 0 unspecified atom stereocenters. The first kappa shape index (κ1) is 15.9. The first-order valence-electron chi connectivity index (χ1n) is 7.12. The Morgan fingerprint density at radius 1 is 0.810 bits per heavy atom.